The summed E-state index contributed by atoms with van der Waals surface area (Å²) in [5.74, 6) is -0.115. The van der Waals surface area contributed by atoms with Crippen LogP contribution in [0, 0.1) is 13.8 Å². The van der Waals surface area contributed by atoms with Gasteiger partial charge in [0.05, 0.1) is 27.0 Å². The zero-order valence-corrected chi connectivity index (χ0v) is 21.8. The van der Waals surface area contributed by atoms with E-state index in [-0.39, 0.29) is 11.7 Å². The predicted molar refractivity (Wildman–Crippen MR) is 142 cm³/mol. The first-order valence-electron chi connectivity index (χ1n) is 11.6. The van der Waals surface area contributed by atoms with Crippen molar-refractivity contribution in [2.45, 2.75) is 59.7 Å². The van der Waals surface area contributed by atoms with Gasteiger partial charge in [-0.1, -0.05) is 24.3 Å². The molecule has 7 nitrogen and oxygen atoms in total. The van der Waals surface area contributed by atoms with Gasteiger partial charge < -0.3 is 15.4 Å². The Hall–Kier alpha value is -3.52. The number of esters is 1. The summed E-state index contributed by atoms with van der Waals surface area (Å²) in [6, 6.07) is 14.0. The van der Waals surface area contributed by atoms with Crippen molar-refractivity contribution in [2.75, 3.05) is 10.6 Å². The van der Waals surface area contributed by atoms with Crippen molar-refractivity contribution in [2.24, 2.45) is 0 Å². The van der Waals surface area contributed by atoms with E-state index in [2.05, 4.69) is 52.6 Å². The number of benzene rings is 1. The molecule has 0 radical (unpaired) electrons. The maximum Gasteiger partial charge on any atom is 0.359 e. The lowest BCUT2D eigenvalue weighted by atomic mass is 10.1. The number of carbonyl (C=O) groups excluding carboxylic acids is 1. The summed E-state index contributed by atoms with van der Waals surface area (Å²) in [7, 11) is 0. The van der Waals surface area contributed by atoms with Crippen LogP contribution in [0.1, 0.15) is 66.6 Å². The first-order chi connectivity index (χ1) is 16.6. The fourth-order valence-electron chi connectivity index (χ4n) is 3.55. The largest absolute Gasteiger partial charge is 0.455 e. The van der Waals surface area contributed by atoms with Crippen molar-refractivity contribution < 1.29 is 9.53 Å². The molecular weight excluding hydrogens is 458 g/mol. The van der Waals surface area contributed by atoms with E-state index in [4.69, 9.17) is 9.72 Å². The molecule has 3 aromatic heterocycles. The van der Waals surface area contributed by atoms with Crippen LogP contribution in [-0.2, 0) is 11.3 Å². The predicted octanol–water partition coefficient (Wildman–Crippen LogP) is 6.44. The normalized spacial score (nSPS) is 12.4. The Morgan fingerprint density at radius 1 is 1.09 bits per heavy atom. The summed E-state index contributed by atoms with van der Waals surface area (Å²) < 4.78 is 6.35. The second kappa shape index (κ2) is 10.00. The van der Waals surface area contributed by atoms with Gasteiger partial charge in [-0.05, 0) is 76.4 Å². The number of nitrogens with zero attached hydrogens (tertiary/aromatic N) is 3. The van der Waals surface area contributed by atoms with Crippen LogP contribution < -0.4 is 10.6 Å². The topological polar surface area (TPSA) is 89.0 Å². The van der Waals surface area contributed by atoms with Gasteiger partial charge in [0.1, 0.15) is 5.60 Å². The number of aromatic nitrogens is 3. The smallest absolute Gasteiger partial charge is 0.359 e. The number of rotatable bonds is 7. The van der Waals surface area contributed by atoms with Gasteiger partial charge in [-0.15, -0.1) is 11.3 Å². The third-order valence-electron chi connectivity index (χ3n) is 5.48. The summed E-state index contributed by atoms with van der Waals surface area (Å²) in [5, 5.41) is 7.65. The number of thiophene rings is 1. The molecule has 0 unspecified atom stereocenters. The van der Waals surface area contributed by atoms with E-state index >= 15 is 0 Å². The number of nitrogens with one attached hydrogen (secondary N) is 2. The van der Waals surface area contributed by atoms with E-state index in [1.54, 1.807) is 6.20 Å². The molecule has 0 saturated heterocycles. The Bertz CT molecular complexity index is 1350. The van der Waals surface area contributed by atoms with Crippen molar-refractivity contribution in [1.29, 1.82) is 0 Å². The Kier molecular flexibility index (Phi) is 7.03. The van der Waals surface area contributed by atoms with Gasteiger partial charge in [0.25, 0.3) is 0 Å². The quantitative estimate of drug-likeness (QED) is 0.289. The number of pyridine rings is 1. The van der Waals surface area contributed by atoms with Gasteiger partial charge in [-0.25, -0.2) is 14.8 Å². The van der Waals surface area contributed by atoms with Gasteiger partial charge in [-0.3, -0.25) is 4.98 Å². The molecule has 0 amide bonds. The summed E-state index contributed by atoms with van der Waals surface area (Å²) in [6.45, 7) is 12.4. The molecule has 1 aromatic carbocycles. The van der Waals surface area contributed by atoms with Gasteiger partial charge in [0.15, 0.2) is 5.69 Å². The Balaban J connectivity index is 1.65. The Labute approximate surface area is 210 Å². The minimum absolute atomic E-state index is 0.138. The molecule has 4 rings (SSSR count). The first-order valence-corrected chi connectivity index (χ1v) is 12.4. The monoisotopic (exact) mass is 489 g/mol. The standard InChI is InChI=1S/C27H31N5O2S/c1-16-10-11-19(13-17(16)2)15-29-22-14-21-24(35-22)23(25(33)34-27(4,5)6)32-26(31-21)30-18(3)20-9-7-8-12-28-20/h7-14,18,29H,15H2,1-6H3,(H,30,31,32)/t18-/m0/s1. The minimum atomic E-state index is -0.634. The van der Waals surface area contributed by atoms with Crippen LogP contribution in [0.25, 0.3) is 10.2 Å². The van der Waals surface area contributed by atoms with E-state index in [1.807, 2.05) is 52.0 Å². The summed E-state index contributed by atoms with van der Waals surface area (Å²) in [4.78, 5) is 26.7. The molecule has 0 fully saturated rings. The van der Waals surface area contributed by atoms with E-state index in [0.717, 1.165) is 10.7 Å². The summed E-state index contributed by atoms with van der Waals surface area (Å²) in [5.41, 5.74) is 4.88. The summed E-state index contributed by atoms with van der Waals surface area (Å²) in [6.07, 6.45) is 1.75. The molecule has 3 heterocycles. The van der Waals surface area contributed by atoms with E-state index in [1.165, 1.54) is 28.0 Å². The van der Waals surface area contributed by atoms with Crippen molar-refractivity contribution in [1.82, 2.24) is 15.0 Å². The van der Waals surface area contributed by atoms with Crippen molar-refractivity contribution >= 4 is 38.5 Å². The van der Waals surface area contributed by atoms with Crippen molar-refractivity contribution in [3.05, 3.63) is 76.7 Å². The van der Waals surface area contributed by atoms with Crippen LogP contribution in [0.5, 0.6) is 0 Å². The van der Waals surface area contributed by atoms with Crippen LogP contribution in [0.15, 0.2) is 48.7 Å². The number of ether oxygens (including phenoxy) is 1. The molecule has 0 bridgehead atoms. The lowest BCUT2D eigenvalue weighted by molar-refractivity contribution is 0.00656. The van der Waals surface area contributed by atoms with Crippen molar-refractivity contribution in [3.8, 4) is 0 Å². The molecule has 0 saturated carbocycles. The molecule has 35 heavy (non-hydrogen) atoms. The lowest BCUT2D eigenvalue weighted by Gasteiger charge is -2.19. The van der Waals surface area contributed by atoms with Crippen LogP contribution >= 0.6 is 11.3 Å². The minimum Gasteiger partial charge on any atom is -0.455 e. The number of carbonyl (C=O) groups is 1. The third-order valence-corrected chi connectivity index (χ3v) is 6.57. The molecule has 0 spiro atoms. The fourth-order valence-corrected chi connectivity index (χ4v) is 4.52. The Morgan fingerprint density at radius 2 is 1.89 bits per heavy atom. The number of aryl methyl sites for hydroxylation is 2. The van der Waals surface area contributed by atoms with Crippen LogP contribution in [0.3, 0.4) is 0 Å². The van der Waals surface area contributed by atoms with Crippen molar-refractivity contribution in [3.63, 3.8) is 0 Å². The number of hydrogen-bond acceptors (Lipinski definition) is 8. The molecular formula is C27H31N5O2S. The highest BCUT2D eigenvalue weighted by atomic mass is 32.1. The average Bonchev–Trinajstić information content (AvgIpc) is 3.21. The molecule has 2 N–H and O–H groups in total. The van der Waals surface area contributed by atoms with Gasteiger partial charge >= 0.3 is 5.97 Å². The van der Waals surface area contributed by atoms with E-state index in [9.17, 15) is 4.79 Å². The SMILES string of the molecule is Cc1ccc(CNc2cc3nc(N[C@@H](C)c4ccccn4)nc(C(=O)OC(C)(C)C)c3s2)cc1C. The van der Waals surface area contributed by atoms with Crippen LogP contribution in [0.4, 0.5) is 10.9 Å². The second-order valence-electron chi connectivity index (χ2n) is 9.62. The number of hydrogen-bond donors (Lipinski definition) is 2. The lowest BCUT2D eigenvalue weighted by Crippen LogP contribution is -2.25. The molecule has 0 aliphatic heterocycles. The Morgan fingerprint density at radius 3 is 2.57 bits per heavy atom. The molecule has 1 atom stereocenters. The average molecular weight is 490 g/mol. The van der Waals surface area contributed by atoms with Gasteiger partial charge in [0, 0.05) is 12.7 Å². The summed E-state index contributed by atoms with van der Waals surface area (Å²) >= 11 is 1.45. The van der Waals surface area contributed by atoms with Crippen LogP contribution in [-0.4, -0.2) is 26.5 Å². The maximum atomic E-state index is 13.1. The number of fused-ring (bicyclic) bond motifs is 1. The highest BCUT2D eigenvalue weighted by molar-refractivity contribution is 7.23. The fraction of sp³-hybridized carbons (Fsp3) is 0.333. The molecule has 0 aliphatic rings. The molecule has 182 valence electrons. The highest BCUT2D eigenvalue weighted by Gasteiger charge is 2.24. The van der Waals surface area contributed by atoms with Gasteiger partial charge in [0.2, 0.25) is 5.95 Å². The zero-order chi connectivity index (χ0) is 25.2. The van der Waals surface area contributed by atoms with Crippen LogP contribution in [0.2, 0.25) is 0 Å². The highest BCUT2D eigenvalue weighted by Crippen LogP contribution is 2.33. The zero-order valence-electron chi connectivity index (χ0n) is 21.0. The van der Waals surface area contributed by atoms with E-state index in [0.29, 0.717) is 22.7 Å². The number of anilines is 2. The molecule has 4 aromatic rings. The third kappa shape index (κ3) is 6.14. The molecule has 0 aliphatic carbocycles. The first kappa shape index (κ1) is 24.6. The maximum absolute atomic E-state index is 13.1. The van der Waals surface area contributed by atoms with E-state index < -0.39 is 11.6 Å². The molecule has 8 heteroatoms. The van der Waals surface area contributed by atoms with Gasteiger partial charge in [-0.2, -0.15) is 0 Å². The second-order valence-corrected chi connectivity index (χ2v) is 10.7.